The molecule has 2 aromatic rings. The van der Waals surface area contributed by atoms with E-state index in [1.165, 1.54) is 38.1 Å². The highest BCUT2D eigenvalue weighted by Crippen LogP contribution is 2.27. The lowest BCUT2D eigenvalue weighted by molar-refractivity contribution is -0.384. The van der Waals surface area contributed by atoms with Crippen LogP contribution in [0.2, 0.25) is 0 Å². The summed E-state index contributed by atoms with van der Waals surface area (Å²) in [5.41, 5.74) is 0.0710. The van der Waals surface area contributed by atoms with Crippen LogP contribution in [0.4, 0.5) is 11.6 Å². The summed E-state index contributed by atoms with van der Waals surface area (Å²) >= 11 is 0. The number of nitrogens with zero attached hydrogens (tertiary/aromatic N) is 2. The van der Waals surface area contributed by atoms with Crippen molar-refractivity contribution in [2.45, 2.75) is 13.8 Å². The van der Waals surface area contributed by atoms with Gasteiger partial charge in [0.25, 0.3) is 11.6 Å². The Morgan fingerprint density at radius 2 is 1.91 bits per heavy atom. The summed E-state index contributed by atoms with van der Waals surface area (Å²) in [5.74, 6) is -0.856. The fraction of sp³-hybridized carbons (Fsp3) is 0.133. The van der Waals surface area contributed by atoms with Crippen LogP contribution < -0.4 is 5.32 Å². The van der Waals surface area contributed by atoms with Gasteiger partial charge in [-0.05, 0) is 26.0 Å². The maximum Gasteiger partial charge on any atom is 0.269 e. The Bertz CT molecular complexity index is 843. The summed E-state index contributed by atoms with van der Waals surface area (Å²) < 4.78 is 5.27. The highest BCUT2D eigenvalue weighted by atomic mass is 16.6. The smallest absolute Gasteiger partial charge is 0.269 e. The van der Waals surface area contributed by atoms with Gasteiger partial charge in [0.15, 0.2) is 5.78 Å². The summed E-state index contributed by atoms with van der Waals surface area (Å²) in [6.07, 6.45) is 0. The largest absolute Gasteiger partial charge is 0.443 e. The minimum absolute atomic E-state index is 0.0507. The van der Waals surface area contributed by atoms with Gasteiger partial charge in [-0.15, -0.1) is 0 Å². The minimum Gasteiger partial charge on any atom is -0.443 e. The van der Waals surface area contributed by atoms with Crippen molar-refractivity contribution in [2.24, 2.45) is 0 Å². The van der Waals surface area contributed by atoms with E-state index in [0.717, 1.165) is 0 Å². The molecule has 1 amide bonds. The second kappa shape index (κ2) is 6.11. The number of hydrogen-bond acceptors (Lipinski definition) is 6. The highest BCUT2D eigenvalue weighted by molar-refractivity contribution is 6.06. The van der Waals surface area contributed by atoms with E-state index in [1.54, 1.807) is 0 Å². The lowest BCUT2D eigenvalue weighted by atomic mass is 10.1. The quantitative estimate of drug-likeness (QED) is 0.525. The van der Waals surface area contributed by atoms with E-state index in [2.05, 4.69) is 5.32 Å². The van der Waals surface area contributed by atoms with Gasteiger partial charge in [0.2, 0.25) is 5.88 Å². The molecule has 0 spiro atoms. The predicted molar refractivity (Wildman–Crippen MR) is 79.2 cm³/mol. The van der Waals surface area contributed by atoms with Crippen LogP contribution in [0.25, 0.3) is 0 Å². The van der Waals surface area contributed by atoms with E-state index in [9.17, 15) is 19.7 Å². The molecule has 0 saturated carbocycles. The molecule has 0 saturated heterocycles. The zero-order valence-corrected chi connectivity index (χ0v) is 12.2. The number of anilines is 1. The number of nitro benzene ring substituents is 1. The maximum atomic E-state index is 12.1. The third-order valence-corrected chi connectivity index (χ3v) is 3.12. The van der Waals surface area contributed by atoms with Crippen molar-refractivity contribution in [3.8, 4) is 6.07 Å². The molecule has 0 radical (unpaired) electrons. The first-order valence-electron chi connectivity index (χ1n) is 6.45. The summed E-state index contributed by atoms with van der Waals surface area (Å²) in [4.78, 5) is 33.7. The Labute approximate surface area is 130 Å². The van der Waals surface area contributed by atoms with Crippen molar-refractivity contribution in [2.75, 3.05) is 5.32 Å². The number of carbonyl (C=O) groups is 2. The van der Waals surface area contributed by atoms with Gasteiger partial charge in [0.05, 0.1) is 10.5 Å². The zero-order chi connectivity index (χ0) is 17.1. The van der Waals surface area contributed by atoms with Crippen molar-refractivity contribution < 1.29 is 18.9 Å². The van der Waals surface area contributed by atoms with E-state index < -0.39 is 10.8 Å². The van der Waals surface area contributed by atoms with Crippen LogP contribution in [0, 0.1) is 28.4 Å². The van der Waals surface area contributed by atoms with E-state index in [0.29, 0.717) is 0 Å². The molecular weight excluding hydrogens is 302 g/mol. The number of nitro groups is 1. The molecule has 0 aliphatic rings. The van der Waals surface area contributed by atoms with Crippen LogP contribution in [0.3, 0.4) is 0 Å². The Balaban J connectivity index is 2.31. The number of nitriles is 1. The molecule has 1 aromatic carbocycles. The first-order chi connectivity index (χ1) is 10.8. The topological polar surface area (TPSA) is 126 Å². The normalized spacial score (nSPS) is 9.96. The van der Waals surface area contributed by atoms with Crippen molar-refractivity contribution in [3.05, 3.63) is 56.8 Å². The number of nitrogens with one attached hydrogen (secondary N) is 1. The van der Waals surface area contributed by atoms with Crippen molar-refractivity contribution in [3.63, 3.8) is 0 Å². The van der Waals surface area contributed by atoms with Crippen LogP contribution in [-0.2, 0) is 0 Å². The standard InChI is InChI=1S/C15H11N3O5/c1-8(19)13-9(2)23-15(12(13)7-16)17-14(20)10-3-5-11(6-4-10)18(21)22/h3-6H,1-2H3,(H,17,20). The maximum absolute atomic E-state index is 12.1. The fourth-order valence-corrected chi connectivity index (χ4v) is 2.07. The molecule has 2 rings (SSSR count). The highest BCUT2D eigenvalue weighted by Gasteiger charge is 2.22. The molecule has 0 unspecified atom stereocenters. The zero-order valence-electron chi connectivity index (χ0n) is 12.2. The van der Waals surface area contributed by atoms with Gasteiger partial charge < -0.3 is 4.42 Å². The lowest BCUT2D eigenvalue weighted by Gasteiger charge is -2.02. The van der Waals surface area contributed by atoms with E-state index >= 15 is 0 Å². The van der Waals surface area contributed by atoms with Crippen LogP contribution in [0.15, 0.2) is 28.7 Å². The molecular formula is C15H11N3O5. The second-order valence-electron chi connectivity index (χ2n) is 4.66. The average Bonchev–Trinajstić information content (AvgIpc) is 2.82. The SMILES string of the molecule is CC(=O)c1c(C)oc(NC(=O)c2ccc([N+](=O)[O-])cc2)c1C#N. The number of benzene rings is 1. The molecule has 0 bridgehead atoms. The average molecular weight is 313 g/mol. The van der Waals surface area contributed by atoms with Gasteiger partial charge in [0, 0.05) is 17.7 Å². The van der Waals surface area contributed by atoms with Crippen LogP contribution in [-0.4, -0.2) is 16.6 Å². The van der Waals surface area contributed by atoms with Crippen LogP contribution >= 0.6 is 0 Å². The van der Waals surface area contributed by atoms with Crippen LogP contribution in [0.5, 0.6) is 0 Å². The molecule has 8 heteroatoms. The molecule has 8 nitrogen and oxygen atoms in total. The molecule has 23 heavy (non-hydrogen) atoms. The van der Waals surface area contributed by atoms with E-state index in [4.69, 9.17) is 9.68 Å². The number of ketones is 1. The van der Waals surface area contributed by atoms with Crippen LogP contribution in [0.1, 0.15) is 39.0 Å². The van der Waals surface area contributed by atoms with Crippen molar-refractivity contribution in [1.29, 1.82) is 5.26 Å². The predicted octanol–water partition coefficient (Wildman–Crippen LogP) is 2.82. The number of aryl methyl sites for hydroxylation is 1. The van der Waals surface area contributed by atoms with E-state index in [1.807, 2.05) is 6.07 Å². The molecule has 0 atom stereocenters. The summed E-state index contributed by atoms with van der Waals surface area (Å²) in [5, 5.41) is 22.1. The summed E-state index contributed by atoms with van der Waals surface area (Å²) in [6.45, 7) is 2.81. The van der Waals surface area contributed by atoms with Gasteiger partial charge in [-0.2, -0.15) is 5.26 Å². The second-order valence-corrected chi connectivity index (χ2v) is 4.66. The molecule has 1 aromatic heterocycles. The lowest BCUT2D eigenvalue weighted by Crippen LogP contribution is -2.12. The molecule has 0 aliphatic heterocycles. The summed E-state index contributed by atoms with van der Waals surface area (Å²) in [6, 6.07) is 6.76. The molecule has 116 valence electrons. The molecule has 0 aliphatic carbocycles. The minimum atomic E-state index is -0.611. The first-order valence-corrected chi connectivity index (χ1v) is 6.45. The van der Waals surface area contributed by atoms with Gasteiger partial charge in [-0.25, -0.2) is 0 Å². The third kappa shape index (κ3) is 3.08. The van der Waals surface area contributed by atoms with Gasteiger partial charge >= 0.3 is 0 Å². The van der Waals surface area contributed by atoms with Crippen molar-refractivity contribution >= 4 is 23.3 Å². The Kier molecular flexibility index (Phi) is 4.23. The number of rotatable bonds is 4. The van der Waals surface area contributed by atoms with Crippen molar-refractivity contribution in [1.82, 2.24) is 0 Å². The molecule has 0 fully saturated rings. The number of Topliss-reactive ketones (excluding diaryl/α,β-unsaturated/α-hetero) is 1. The monoisotopic (exact) mass is 313 g/mol. The number of non-ortho nitro benzene ring substituents is 1. The van der Waals surface area contributed by atoms with Gasteiger partial charge in [-0.3, -0.25) is 25.0 Å². The molecule has 1 heterocycles. The Morgan fingerprint density at radius 3 is 2.39 bits per heavy atom. The Hall–Kier alpha value is -3.47. The number of amides is 1. The number of carbonyl (C=O) groups excluding carboxylic acids is 2. The molecule has 1 N–H and O–H groups in total. The van der Waals surface area contributed by atoms with E-state index in [-0.39, 0.29) is 39.8 Å². The Morgan fingerprint density at radius 1 is 1.30 bits per heavy atom. The van der Waals surface area contributed by atoms with Gasteiger partial charge in [0.1, 0.15) is 17.4 Å². The number of hydrogen-bond donors (Lipinski definition) is 1. The van der Waals surface area contributed by atoms with Gasteiger partial charge in [-0.1, -0.05) is 0 Å². The number of furan rings is 1. The first kappa shape index (κ1) is 15.9. The fourth-order valence-electron chi connectivity index (χ4n) is 2.07. The third-order valence-electron chi connectivity index (χ3n) is 3.12. The summed E-state index contributed by atoms with van der Waals surface area (Å²) in [7, 11) is 0.